The molecule has 0 radical (unpaired) electrons. The van der Waals surface area contributed by atoms with Gasteiger partial charge in [0.05, 0.1) is 22.4 Å². The highest BCUT2D eigenvalue weighted by molar-refractivity contribution is 7.00. The largest absolute Gasteiger partial charge is 0.310 e. The summed E-state index contributed by atoms with van der Waals surface area (Å²) in [6.45, 7) is 13.5. The van der Waals surface area contributed by atoms with Crippen LogP contribution in [0.15, 0.2) is 358 Å². The van der Waals surface area contributed by atoms with Gasteiger partial charge in [-0.2, -0.15) is 0 Å². The molecular formula is C98H77BN4. The van der Waals surface area contributed by atoms with E-state index in [9.17, 15) is 0 Å². The molecule has 0 aliphatic carbocycles. The second-order valence-corrected chi connectivity index (χ2v) is 29.6. The monoisotopic (exact) mass is 1320 g/mol. The lowest BCUT2D eigenvalue weighted by Gasteiger charge is -2.46. The zero-order chi connectivity index (χ0) is 69.5. The van der Waals surface area contributed by atoms with E-state index >= 15 is 0 Å². The molecule has 0 fully saturated rings. The molecule has 2 aliphatic heterocycles. The standard InChI is InChI=1S/C98H77BN4/c1-97(2,3)74-49-53-77(54-50-74)100(78-55-51-75(52-56-78)98(4,5)6)79-57-59-87-91(65-79)103(96-82(69-35-19-10-20-36-69)44-28-45-83(96)70-37-21-11-22-38-70)93-64-73(66-29-13-7-14-30-66)63-92-94(93)99(87)86-58-47-72(71-48-60-89-85(61-71)84-41-25-26-46-88(84)101(89)76-39-23-12-24-40-76)62-90(86)102(92)95-80(67-31-15-8-16-32-67)42-27-43-81(95)68-33-17-9-18-34-68/h7-65H,1-6H3. The van der Waals surface area contributed by atoms with E-state index in [-0.39, 0.29) is 17.5 Å². The van der Waals surface area contributed by atoms with Crippen LogP contribution < -0.4 is 31.1 Å². The third kappa shape index (κ3) is 11.0. The van der Waals surface area contributed by atoms with Gasteiger partial charge in [-0.15, -0.1) is 0 Å². The molecule has 0 saturated heterocycles. The quantitative estimate of drug-likeness (QED) is 0.113. The Morgan fingerprint density at radius 2 is 0.631 bits per heavy atom. The molecule has 2 aliphatic rings. The molecule has 5 heteroatoms. The molecule has 16 aromatic rings. The van der Waals surface area contributed by atoms with E-state index in [0.717, 1.165) is 124 Å². The highest BCUT2D eigenvalue weighted by atomic mass is 15.2. The predicted molar refractivity (Wildman–Crippen MR) is 440 cm³/mol. The molecule has 0 saturated carbocycles. The van der Waals surface area contributed by atoms with Gasteiger partial charge in [0, 0.05) is 78.5 Å². The summed E-state index contributed by atoms with van der Waals surface area (Å²) in [7, 11) is 0. The predicted octanol–water partition coefficient (Wildman–Crippen LogP) is 24.9. The number of hydrogen-bond donors (Lipinski definition) is 0. The van der Waals surface area contributed by atoms with Gasteiger partial charge in [0.1, 0.15) is 0 Å². The molecular weight excluding hydrogens is 1240 g/mol. The zero-order valence-electron chi connectivity index (χ0n) is 58.9. The molecule has 4 nitrogen and oxygen atoms in total. The van der Waals surface area contributed by atoms with Crippen molar-refractivity contribution in [3.63, 3.8) is 0 Å². The first kappa shape index (κ1) is 62.8. The molecule has 18 rings (SSSR count). The summed E-state index contributed by atoms with van der Waals surface area (Å²) in [6, 6.07) is 134. The Kier molecular flexibility index (Phi) is 15.4. The normalized spacial score (nSPS) is 12.5. The fourth-order valence-electron chi connectivity index (χ4n) is 16.2. The van der Waals surface area contributed by atoms with Crippen molar-refractivity contribution in [1.29, 1.82) is 0 Å². The third-order valence-electron chi connectivity index (χ3n) is 21.3. The highest BCUT2D eigenvalue weighted by Gasteiger charge is 2.46. The number of rotatable bonds is 12. The number of para-hydroxylation sites is 4. The van der Waals surface area contributed by atoms with E-state index in [4.69, 9.17) is 0 Å². The lowest BCUT2D eigenvalue weighted by Crippen LogP contribution is -2.61. The summed E-state index contributed by atoms with van der Waals surface area (Å²) in [4.78, 5) is 7.82. The Hall–Kier alpha value is -12.4. The van der Waals surface area contributed by atoms with Gasteiger partial charge < -0.3 is 19.3 Å². The van der Waals surface area contributed by atoms with Crippen molar-refractivity contribution in [2.24, 2.45) is 0 Å². The number of benzene rings is 15. The van der Waals surface area contributed by atoms with Crippen molar-refractivity contribution < 1.29 is 0 Å². The Morgan fingerprint density at radius 1 is 0.262 bits per heavy atom. The van der Waals surface area contributed by atoms with Gasteiger partial charge in [-0.1, -0.05) is 315 Å². The van der Waals surface area contributed by atoms with Crippen molar-refractivity contribution in [3.8, 4) is 72.4 Å². The van der Waals surface area contributed by atoms with Crippen LogP contribution in [0.25, 0.3) is 94.3 Å². The molecule has 0 amide bonds. The maximum atomic E-state index is 2.68. The van der Waals surface area contributed by atoms with E-state index < -0.39 is 0 Å². The number of hydrogen-bond acceptors (Lipinski definition) is 3. The van der Waals surface area contributed by atoms with Gasteiger partial charge >= 0.3 is 0 Å². The fraction of sp³-hybridized carbons (Fsp3) is 0.0816. The first-order valence-electron chi connectivity index (χ1n) is 36.1. The first-order chi connectivity index (χ1) is 50.4. The fourth-order valence-corrected chi connectivity index (χ4v) is 16.2. The van der Waals surface area contributed by atoms with Crippen molar-refractivity contribution >= 4 is 96.1 Å². The third-order valence-corrected chi connectivity index (χ3v) is 21.3. The average Bonchev–Trinajstić information content (AvgIpc) is 1.22. The van der Waals surface area contributed by atoms with Gasteiger partial charge in [0.15, 0.2) is 0 Å². The Labute approximate surface area is 605 Å². The Bertz CT molecular complexity index is 5690. The average molecular weight is 1320 g/mol. The van der Waals surface area contributed by atoms with Crippen LogP contribution in [0.5, 0.6) is 0 Å². The summed E-state index contributed by atoms with van der Waals surface area (Å²) in [5.74, 6) is 0. The van der Waals surface area contributed by atoms with E-state index in [0.29, 0.717) is 0 Å². The Morgan fingerprint density at radius 3 is 1.10 bits per heavy atom. The molecule has 1 aromatic heterocycles. The van der Waals surface area contributed by atoms with Gasteiger partial charge in [-0.25, -0.2) is 0 Å². The smallest absolute Gasteiger partial charge is 0.252 e. The summed E-state index contributed by atoms with van der Waals surface area (Å²) < 4.78 is 2.41. The molecule has 0 unspecified atom stereocenters. The number of nitrogens with zero attached hydrogens (tertiary/aromatic N) is 4. The Balaban J connectivity index is 0.976. The van der Waals surface area contributed by atoms with Crippen molar-refractivity contribution in [1.82, 2.24) is 4.57 Å². The molecule has 492 valence electrons. The molecule has 103 heavy (non-hydrogen) atoms. The van der Waals surface area contributed by atoms with E-state index in [1.165, 1.54) is 49.3 Å². The molecule has 15 aromatic carbocycles. The minimum atomic E-state index is -0.250. The molecule has 0 atom stereocenters. The van der Waals surface area contributed by atoms with Crippen LogP contribution in [0.4, 0.5) is 51.2 Å². The van der Waals surface area contributed by atoms with Crippen LogP contribution in [0.3, 0.4) is 0 Å². The van der Waals surface area contributed by atoms with Crippen molar-refractivity contribution in [3.05, 3.63) is 369 Å². The van der Waals surface area contributed by atoms with Crippen LogP contribution in [-0.2, 0) is 10.8 Å². The number of anilines is 9. The second-order valence-electron chi connectivity index (χ2n) is 29.6. The van der Waals surface area contributed by atoms with E-state index in [2.05, 4.69) is 419 Å². The van der Waals surface area contributed by atoms with Gasteiger partial charge in [-0.3, -0.25) is 0 Å². The highest BCUT2D eigenvalue weighted by Crippen LogP contribution is 2.55. The summed E-state index contributed by atoms with van der Waals surface area (Å²) in [5, 5.41) is 2.43. The summed E-state index contributed by atoms with van der Waals surface area (Å²) in [5.41, 5.74) is 33.1. The first-order valence-corrected chi connectivity index (χ1v) is 36.1. The van der Waals surface area contributed by atoms with Crippen molar-refractivity contribution in [2.75, 3.05) is 14.7 Å². The van der Waals surface area contributed by atoms with Crippen LogP contribution in [0.2, 0.25) is 0 Å². The van der Waals surface area contributed by atoms with Gasteiger partial charge in [-0.05, 0) is 168 Å². The lowest BCUT2D eigenvalue weighted by molar-refractivity contribution is 0.590. The maximum Gasteiger partial charge on any atom is 0.252 e. The van der Waals surface area contributed by atoms with Gasteiger partial charge in [0.2, 0.25) is 0 Å². The van der Waals surface area contributed by atoms with Crippen LogP contribution in [0, 0.1) is 0 Å². The number of fused-ring (bicyclic) bond motifs is 7. The lowest BCUT2D eigenvalue weighted by atomic mass is 9.33. The van der Waals surface area contributed by atoms with E-state index in [1.807, 2.05) is 0 Å². The van der Waals surface area contributed by atoms with E-state index in [1.54, 1.807) is 0 Å². The molecule has 0 spiro atoms. The molecule has 0 bridgehead atoms. The molecule has 0 N–H and O–H groups in total. The van der Waals surface area contributed by atoms with Gasteiger partial charge in [0.25, 0.3) is 6.71 Å². The minimum absolute atomic E-state index is 0.0330. The minimum Gasteiger partial charge on any atom is -0.310 e. The van der Waals surface area contributed by atoms with Crippen LogP contribution >= 0.6 is 0 Å². The zero-order valence-corrected chi connectivity index (χ0v) is 58.9. The maximum absolute atomic E-state index is 2.68. The summed E-state index contributed by atoms with van der Waals surface area (Å²) in [6.07, 6.45) is 0. The topological polar surface area (TPSA) is 14.7 Å². The molecule has 3 heterocycles. The van der Waals surface area contributed by atoms with Crippen molar-refractivity contribution in [2.45, 2.75) is 52.4 Å². The number of aromatic nitrogens is 1. The second kappa shape index (κ2) is 25.3. The van der Waals surface area contributed by atoms with Crippen LogP contribution in [-0.4, -0.2) is 11.3 Å². The van der Waals surface area contributed by atoms with Crippen LogP contribution in [0.1, 0.15) is 52.7 Å². The summed E-state index contributed by atoms with van der Waals surface area (Å²) >= 11 is 0. The SMILES string of the molecule is CC(C)(C)c1ccc(N(c2ccc(C(C)(C)C)cc2)c2ccc3c(c2)N(c2c(-c4ccccc4)cccc2-c2ccccc2)c2cc(-c4ccccc4)cc4c2B3c2ccc(-c3ccc5c(c3)c3ccccc3n5-c3ccccc3)cc2N4c2c(-c3ccccc3)cccc2-c2ccccc2)cc1.